The standard InChI is InChI=1S/C14H27N3/c1-15-12-3-2-4-14(11-12)17-9-7-16(8-10-17)13-5-6-13/h12-15H,2-11H2,1H3/t12-,14+/m0/s1. The highest BCUT2D eigenvalue weighted by molar-refractivity contribution is 4.90. The van der Waals surface area contributed by atoms with Gasteiger partial charge in [0, 0.05) is 44.3 Å². The summed E-state index contributed by atoms with van der Waals surface area (Å²) in [6.07, 6.45) is 8.53. The number of hydrogen-bond donors (Lipinski definition) is 1. The summed E-state index contributed by atoms with van der Waals surface area (Å²) in [6.45, 7) is 5.28. The lowest BCUT2D eigenvalue weighted by Crippen LogP contribution is -2.53. The smallest absolute Gasteiger partial charge is 0.0113 e. The van der Waals surface area contributed by atoms with E-state index in [9.17, 15) is 0 Å². The molecule has 0 spiro atoms. The van der Waals surface area contributed by atoms with Crippen LogP contribution in [0.4, 0.5) is 0 Å². The Morgan fingerprint density at radius 1 is 0.824 bits per heavy atom. The maximum atomic E-state index is 3.47. The molecule has 0 aromatic carbocycles. The maximum absolute atomic E-state index is 3.47. The second-order valence-electron chi connectivity index (χ2n) is 6.11. The molecule has 2 atom stereocenters. The van der Waals surface area contributed by atoms with Gasteiger partial charge in [0.05, 0.1) is 0 Å². The third kappa shape index (κ3) is 2.83. The molecular weight excluding hydrogens is 210 g/mol. The Bertz CT molecular complexity index is 244. The topological polar surface area (TPSA) is 18.5 Å². The molecular formula is C14H27N3. The molecule has 3 rings (SSSR count). The summed E-state index contributed by atoms with van der Waals surface area (Å²) in [5.74, 6) is 0. The van der Waals surface area contributed by atoms with Crippen LogP contribution in [0.25, 0.3) is 0 Å². The van der Waals surface area contributed by atoms with Gasteiger partial charge < -0.3 is 5.32 Å². The summed E-state index contributed by atoms with van der Waals surface area (Å²) in [7, 11) is 2.12. The van der Waals surface area contributed by atoms with E-state index in [1.54, 1.807) is 0 Å². The second kappa shape index (κ2) is 5.25. The highest BCUT2D eigenvalue weighted by Gasteiger charge is 2.33. The van der Waals surface area contributed by atoms with E-state index in [1.807, 2.05) is 0 Å². The van der Waals surface area contributed by atoms with Crippen LogP contribution in [0.1, 0.15) is 38.5 Å². The van der Waals surface area contributed by atoms with Crippen molar-refractivity contribution in [1.82, 2.24) is 15.1 Å². The van der Waals surface area contributed by atoms with Gasteiger partial charge in [-0.1, -0.05) is 6.42 Å². The molecule has 1 N–H and O–H groups in total. The predicted molar refractivity (Wildman–Crippen MR) is 71.3 cm³/mol. The van der Waals surface area contributed by atoms with Crippen LogP contribution >= 0.6 is 0 Å². The van der Waals surface area contributed by atoms with Crippen LogP contribution in [0.15, 0.2) is 0 Å². The van der Waals surface area contributed by atoms with Gasteiger partial charge in [0.2, 0.25) is 0 Å². The minimum Gasteiger partial charge on any atom is -0.317 e. The van der Waals surface area contributed by atoms with Crippen LogP contribution < -0.4 is 5.32 Å². The molecule has 0 aromatic heterocycles. The van der Waals surface area contributed by atoms with E-state index >= 15 is 0 Å². The molecule has 1 aliphatic heterocycles. The van der Waals surface area contributed by atoms with Crippen LogP contribution in [-0.4, -0.2) is 61.2 Å². The third-order valence-electron chi connectivity index (χ3n) is 4.98. The zero-order valence-electron chi connectivity index (χ0n) is 11.2. The monoisotopic (exact) mass is 237 g/mol. The van der Waals surface area contributed by atoms with Crippen LogP contribution in [0.3, 0.4) is 0 Å². The van der Waals surface area contributed by atoms with Gasteiger partial charge in [-0.15, -0.1) is 0 Å². The third-order valence-corrected chi connectivity index (χ3v) is 4.98. The number of piperazine rings is 1. The minimum atomic E-state index is 0.773. The molecule has 0 radical (unpaired) electrons. The molecule has 3 heteroatoms. The van der Waals surface area contributed by atoms with Gasteiger partial charge in [0.15, 0.2) is 0 Å². The van der Waals surface area contributed by atoms with Gasteiger partial charge in [0.25, 0.3) is 0 Å². The molecule has 2 saturated carbocycles. The largest absolute Gasteiger partial charge is 0.317 e. The first-order valence-electron chi connectivity index (χ1n) is 7.52. The zero-order chi connectivity index (χ0) is 11.7. The minimum absolute atomic E-state index is 0.773. The highest BCUT2D eigenvalue weighted by atomic mass is 15.3. The highest BCUT2D eigenvalue weighted by Crippen LogP contribution is 2.29. The fourth-order valence-electron chi connectivity index (χ4n) is 3.67. The SMILES string of the molecule is CN[C@H]1CCC[C@@H](N2CCN(C3CC3)CC2)C1. The van der Waals surface area contributed by atoms with E-state index in [4.69, 9.17) is 0 Å². The Balaban J connectivity index is 1.48. The Morgan fingerprint density at radius 2 is 1.47 bits per heavy atom. The number of nitrogens with zero attached hydrogens (tertiary/aromatic N) is 2. The number of rotatable bonds is 3. The van der Waals surface area contributed by atoms with Gasteiger partial charge in [-0.3, -0.25) is 9.80 Å². The molecule has 3 nitrogen and oxygen atoms in total. The van der Waals surface area contributed by atoms with Crippen molar-refractivity contribution < 1.29 is 0 Å². The molecule has 0 unspecified atom stereocenters. The van der Waals surface area contributed by atoms with Gasteiger partial charge in [0.1, 0.15) is 0 Å². The van der Waals surface area contributed by atoms with E-state index in [2.05, 4.69) is 22.2 Å². The first kappa shape index (κ1) is 11.9. The van der Waals surface area contributed by atoms with Crippen molar-refractivity contribution >= 4 is 0 Å². The van der Waals surface area contributed by atoms with Crippen LogP contribution in [-0.2, 0) is 0 Å². The molecule has 0 bridgehead atoms. The van der Waals surface area contributed by atoms with Gasteiger partial charge in [-0.2, -0.15) is 0 Å². The van der Waals surface area contributed by atoms with Gasteiger partial charge in [-0.05, 0) is 39.2 Å². The summed E-state index contributed by atoms with van der Waals surface area (Å²) < 4.78 is 0. The summed E-state index contributed by atoms with van der Waals surface area (Å²) in [5.41, 5.74) is 0. The number of nitrogens with one attached hydrogen (secondary N) is 1. The normalized spacial score (nSPS) is 37.2. The Hall–Kier alpha value is -0.120. The second-order valence-corrected chi connectivity index (χ2v) is 6.11. The molecule has 0 amide bonds. The zero-order valence-corrected chi connectivity index (χ0v) is 11.2. The molecule has 17 heavy (non-hydrogen) atoms. The molecule has 98 valence electrons. The van der Waals surface area contributed by atoms with E-state index in [-0.39, 0.29) is 0 Å². The van der Waals surface area contributed by atoms with E-state index in [0.29, 0.717) is 0 Å². The summed E-state index contributed by atoms with van der Waals surface area (Å²) in [6, 6.07) is 2.60. The van der Waals surface area contributed by atoms with Crippen molar-refractivity contribution in [3.8, 4) is 0 Å². The van der Waals surface area contributed by atoms with Crippen molar-refractivity contribution in [3.63, 3.8) is 0 Å². The van der Waals surface area contributed by atoms with Crippen molar-refractivity contribution in [2.45, 2.75) is 56.7 Å². The Labute approximate surface area is 106 Å². The van der Waals surface area contributed by atoms with Crippen molar-refractivity contribution in [2.24, 2.45) is 0 Å². The van der Waals surface area contributed by atoms with Crippen molar-refractivity contribution in [3.05, 3.63) is 0 Å². The average Bonchev–Trinajstić information content (AvgIpc) is 3.23. The van der Waals surface area contributed by atoms with E-state index < -0.39 is 0 Å². The molecule has 0 aromatic rings. The predicted octanol–water partition coefficient (Wildman–Crippen LogP) is 1.30. The quantitative estimate of drug-likeness (QED) is 0.798. The van der Waals surface area contributed by atoms with Crippen molar-refractivity contribution in [1.29, 1.82) is 0 Å². The fraction of sp³-hybridized carbons (Fsp3) is 1.00. The lowest BCUT2D eigenvalue weighted by molar-refractivity contribution is 0.0691. The van der Waals surface area contributed by atoms with Crippen molar-refractivity contribution in [2.75, 3.05) is 33.2 Å². The fourth-order valence-corrected chi connectivity index (χ4v) is 3.67. The summed E-state index contributed by atoms with van der Waals surface area (Å²) in [5, 5.41) is 3.47. The van der Waals surface area contributed by atoms with E-state index in [0.717, 1.165) is 18.1 Å². The van der Waals surface area contributed by atoms with Crippen LogP contribution in [0, 0.1) is 0 Å². The molecule has 1 heterocycles. The molecule has 1 saturated heterocycles. The molecule has 3 aliphatic rings. The lowest BCUT2D eigenvalue weighted by atomic mass is 9.89. The first-order chi connectivity index (χ1) is 8.36. The van der Waals surface area contributed by atoms with Gasteiger partial charge >= 0.3 is 0 Å². The first-order valence-corrected chi connectivity index (χ1v) is 7.52. The van der Waals surface area contributed by atoms with E-state index in [1.165, 1.54) is 64.7 Å². The summed E-state index contributed by atoms with van der Waals surface area (Å²) >= 11 is 0. The Morgan fingerprint density at radius 3 is 2.06 bits per heavy atom. The van der Waals surface area contributed by atoms with Gasteiger partial charge in [-0.25, -0.2) is 0 Å². The molecule has 3 fully saturated rings. The van der Waals surface area contributed by atoms with Crippen LogP contribution in [0.5, 0.6) is 0 Å². The molecule has 2 aliphatic carbocycles. The van der Waals surface area contributed by atoms with Crippen LogP contribution in [0.2, 0.25) is 0 Å². The Kier molecular flexibility index (Phi) is 3.69. The maximum Gasteiger partial charge on any atom is 0.0113 e. The summed E-state index contributed by atoms with van der Waals surface area (Å²) in [4.78, 5) is 5.48. The number of hydrogen-bond acceptors (Lipinski definition) is 3. The average molecular weight is 237 g/mol. The lowest BCUT2D eigenvalue weighted by Gasteiger charge is -2.42.